The van der Waals surface area contributed by atoms with Crippen LogP contribution in [0.2, 0.25) is 0 Å². The summed E-state index contributed by atoms with van der Waals surface area (Å²) in [6.07, 6.45) is -4.67. The molecule has 0 unspecified atom stereocenters. The van der Waals surface area contributed by atoms with E-state index in [1.54, 1.807) is 5.32 Å². The van der Waals surface area contributed by atoms with Crippen molar-refractivity contribution in [2.75, 3.05) is 19.0 Å². The third-order valence-corrected chi connectivity index (χ3v) is 3.63. The van der Waals surface area contributed by atoms with E-state index >= 15 is 0 Å². The molecule has 6 nitrogen and oxygen atoms in total. The van der Waals surface area contributed by atoms with Crippen molar-refractivity contribution in [1.82, 2.24) is 5.32 Å². The number of carbonyl (C=O) groups is 3. The van der Waals surface area contributed by atoms with Crippen molar-refractivity contribution < 1.29 is 32.3 Å². The summed E-state index contributed by atoms with van der Waals surface area (Å²) in [5.41, 5.74) is 1.58. The van der Waals surface area contributed by atoms with E-state index < -0.39 is 30.5 Å². The van der Waals surface area contributed by atoms with Gasteiger partial charge in [-0.25, -0.2) is 4.79 Å². The van der Waals surface area contributed by atoms with Crippen LogP contribution in [-0.2, 0) is 16.0 Å². The molecule has 0 fully saturated rings. The van der Waals surface area contributed by atoms with Crippen LogP contribution in [-0.4, -0.2) is 37.6 Å². The molecule has 148 valence electrons. The number of anilines is 1. The lowest BCUT2D eigenvalue weighted by Crippen LogP contribution is -2.34. The summed E-state index contributed by atoms with van der Waals surface area (Å²) in [6.45, 7) is -1.38. The Bertz CT molecular complexity index is 847. The summed E-state index contributed by atoms with van der Waals surface area (Å²) in [5.74, 6) is -1.67. The normalized spacial score (nSPS) is 10.9. The first kappa shape index (κ1) is 20.9. The predicted molar refractivity (Wildman–Crippen MR) is 94.9 cm³/mol. The second-order valence-electron chi connectivity index (χ2n) is 5.79. The number of amides is 2. The minimum atomic E-state index is -4.46. The topological polar surface area (TPSA) is 84.5 Å². The number of methoxy groups -OCH3 is 1. The van der Waals surface area contributed by atoms with Gasteiger partial charge in [-0.15, -0.1) is 0 Å². The fraction of sp³-hybridized carbons (Fsp3) is 0.211. The number of esters is 1. The van der Waals surface area contributed by atoms with Gasteiger partial charge in [0, 0.05) is 11.3 Å². The zero-order valence-electron chi connectivity index (χ0n) is 14.8. The highest BCUT2D eigenvalue weighted by Crippen LogP contribution is 2.14. The molecule has 0 saturated carbocycles. The summed E-state index contributed by atoms with van der Waals surface area (Å²) >= 11 is 0. The van der Waals surface area contributed by atoms with Crippen LogP contribution in [0.3, 0.4) is 0 Å². The molecule has 0 spiro atoms. The predicted octanol–water partition coefficient (Wildman–Crippen LogP) is 2.95. The molecule has 2 rings (SSSR count). The number of nitrogens with one attached hydrogen (secondary N) is 2. The maximum absolute atomic E-state index is 12.2. The number of ether oxygens (including phenoxy) is 1. The smallest absolute Gasteiger partial charge is 0.405 e. The summed E-state index contributed by atoms with van der Waals surface area (Å²) in [7, 11) is 1.26. The molecular weight excluding hydrogens is 377 g/mol. The molecule has 0 aromatic heterocycles. The van der Waals surface area contributed by atoms with E-state index in [0.29, 0.717) is 22.4 Å². The first-order chi connectivity index (χ1) is 13.2. The summed E-state index contributed by atoms with van der Waals surface area (Å²) < 4.78 is 40.8. The third kappa shape index (κ3) is 6.42. The quantitative estimate of drug-likeness (QED) is 0.738. The standard InChI is InChI=1S/C19H17F3N2O4/c1-28-18(27)14-6-4-13(5-7-14)17(26)24-15-8-2-12(3-9-15)10-16(25)23-11-19(20,21)22/h2-9H,10-11H2,1H3,(H,23,25)(H,24,26). The highest BCUT2D eigenvalue weighted by molar-refractivity contribution is 6.04. The van der Waals surface area contributed by atoms with Crippen molar-refractivity contribution in [3.8, 4) is 0 Å². The largest absolute Gasteiger partial charge is 0.465 e. The van der Waals surface area contributed by atoms with Gasteiger partial charge in [0.2, 0.25) is 5.91 Å². The van der Waals surface area contributed by atoms with Gasteiger partial charge < -0.3 is 15.4 Å². The first-order valence-corrected chi connectivity index (χ1v) is 8.10. The van der Waals surface area contributed by atoms with Gasteiger partial charge in [-0.2, -0.15) is 13.2 Å². The zero-order valence-corrected chi connectivity index (χ0v) is 14.8. The Balaban J connectivity index is 1.92. The Morgan fingerprint density at radius 1 is 0.929 bits per heavy atom. The Kier molecular flexibility index (Phi) is 6.75. The molecule has 0 heterocycles. The fourth-order valence-corrected chi connectivity index (χ4v) is 2.23. The van der Waals surface area contributed by atoms with Gasteiger partial charge in [0.05, 0.1) is 19.1 Å². The van der Waals surface area contributed by atoms with Gasteiger partial charge in [-0.1, -0.05) is 12.1 Å². The van der Waals surface area contributed by atoms with Crippen LogP contribution in [0.5, 0.6) is 0 Å². The molecule has 9 heteroatoms. The lowest BCUT2D eigenvalue weighted by atomic mass is 10.1. The molecule has 2 N–H and O–H groups in total. The molecule has 0 aliphatic rings. The van der Waals surface area contributed by atoms with Gasteiger partial charge in [0.15, 0.2) is 0 Å². The van der Waals surface area contributed by atoms with Crippen molar-refractivity contribution in [1.29, 1.82) is 0 Å². The zero-order chi connectivity index (χ0) is 20.7. The Morgan fingerprint density at radius 2 is 1.50 bits per heavy atom. The van der Waals surface area contributed by atoms with Crippen LogP contribution < -0.4 is 10.6 Å². The molecule has 2 aromatic rings. The van der Waals surface area contributed by atoms with E-state index in [-0.39, 0.29) is 6.42 Å². The number of hydrogen-bond donors (Lipinski definition) is 2. The average molecular weight is 394 g/mol. The maximum atomic E-state index is 12.2. The molecule has 0 aliphatic carbocycles. The molecule has 2 amide bonds. The Morgan fingerprint density at radius 3 is 2.04 bits per heavy atom. The highest BCUT2D eigenvalue weighted by atomic mass is 19.4. The van der Waals surface area contributed by atoms with Crippen LogP contribution >= 0.6 is 0 Å². The van der Waals surface area contributed by atoms with Crippen LogP contribution in [0.25, 0.3) is 0 Å². The fourth-order valence-electron chi connectivity index (χ4n) is 2.23. The minimum Gasteiger partial charge on any atom is -0.465 e. The van der Waals surface area contributed by atoms with E-state index in [0.717, 1.165) is 0 Å². The Labute approximate surface area is 158 Å². The number of benzene rings is 2. The average Bonchev–Trinajstić information content (AvgIpc) is 2.67. The van der Waals surface area contributed by atoms with Crippen molar-refractivity contribution in [3.05, 3.63) is 65.2 Å². The molecule has 0 bridgehead atoms. The maximum Gasteiger partial charge on any atom is 0.405 e. The lowest BCUT2D eigenvalue weighted by molar-refractivity contribution is -0.138. The van der Waals surface area contributed by atoms with E-state index in [1.807, 2.05) is 0 Å². The van der Waals surface area contributed by atoms with Gasteiger partial charge in [-0.05, 0) is 42.0 Å². The highest BCUT2D eigenvalue weighted by Gasteiger charge is 2.27. The van der Waals surface area contributed by atoms with Gasteiger partial charge in [-0.3, -0.25) is 9.59 Å². The Hall–Kier alpha value is -3.36. The summed E-state index contributed by atoms with van der Waals surface area (Å²) in [4.78, 5) is 35.1. The van der Waals surface area contributed by atoms with E-state index in [1.165, 1.54) is 55.6 Å². The number of carbonyl (C=O) groups excluding carboxylic acids is 3. The van der Waals surface area contributed by atoms with Crippen molar-refractivity contribution in [2.24, 2.45) is 0 Å². The molecule has 0 saturated heterocycles. The minimum absolute atomic E-state index is 0.209. The van der Waals surface area contributed by atoms with E-state index in [2.05, 4.69) is 10.1 Å². The van der Waals surface area contributed by atoms with Crippen LogP contribution in [0.1, 0.15) is 26.3 Å². The second kappa shape index (κ2) is 9.03. The van der Waals surface area contributed by atoms with Crippen molar-refractivity contribution in [3.63, 3.8) is 0 Å². The summed E-state index contributed by atoms with van der Waals surface area (Å²) in [5, 5.41) is 4.43. The molecule has 28 heavy (non-hydrogen) atoms. The van der Waals surface area contributed by atoms with Gasteiger partial charge in [0.25, 0.3) is 5.91 Å². The molecule has 2 aromatic carbocycles. The number of rotatable bonds is 6. The van der Waals surface area contributed by atoms with Crippen LogP contribution in [0.15, 0.2) is 48.5 Å². The lowest BCUT2D eigenvalue weighted by Gasteiger charge is -2.09. The van der Waals surface area contributed by atoms with Crippen molar-refractivity contribution >= 4 is 23.5 Å². The van der Waals surface area contributed by atoms with E-state index in [9.17, 15) is 27.6 Å². The van der Waals surface area contributed by atoms with Crippen molar-refractivity contribution in [2.45, 2.75) is 12.6 Å². The second-order valence-corrected chi connectivity index (χ2v) is 5.79. The third-order valence-electron chi connectivity index (χ3n) is 3.63. The SMILES string of the molecule is COC(=O)c1ccc(C(=O)Nc2ccc(CC(=O)NCC(F)(F)F)cc2)cc1. The van der Waals surface area contributed by atoms with Gasteiger partial charge >= 0.3 is 12.1 Å². The van der Waals surface area contributed by atoms with E-state index in [4.69, 9.17) is 0 Å². The molecular formula is C19H17F3N2O4. The number of halogens is 3. The molecule has 0 aliphatic heterocycles. The first-order valence-electron chi connectivity index (χ1n) is 8.10. The van der Waals surface area contributed by atoms with Gasteiger partial charge in [0.1, 0.15) is 6.54 Å². The van der Waals surface area contributed by atoms with Crippen LogP contribution in [0, 0.1) is 0 Å². The number of hydrogen-bond acceptors (Lipinski definition) is 4. The number of alkyl halides is 3. The summed E-state index contributed by atoms with van der Waals surface area (Å²) in [6, 6.07) is 12.0. The monoisotopic (exact) mass is 394 g/mol. The molecule has 0 radical (unpaired) electrons. The van der Waals surface area contributed by atoms with Crippen LogP contribution in [0.4, 0.5) is 18.9 Å². The molecule has 0 atom stereocenters.